The zero-order chi connectivity index (χ0) is 30.7. The standard InChI is InChI=1S/C30H45N9O2S2/c1-38(18-19-39(27-9-5-7-14-33-27)21-24-10-12-26(41-2)13-11-24)17-8-4-3-6-15-34-29(40)35-16-20-42-22-25-23-43-30(36-25)37-28(31)32/h5,7,9-14,23H,3-4,6,8,15-22H2,1-2H3,(H2,34,35,40)(H4,31,32,36,37). The molecule has 6 N–H and O–H groups in total. The van der Waals surface area contributed by atoms with Crippen LogP contribution in [0.4, 0.5) is 15.7 Å². The number of guanidine groups is 1. The van der Waals surface area contributed by atoms with Crippen molar-refractivity contribution in [3.8, 4) is 5.75 Å². The minimum atomic E-state index is -0.115. The van der Waals surface area contributed by atoms with Crippen LogP contribution in [0.2, 0.25) is 0 Å². The number of amides is 2. The van der Waals surface area contributed by atoms with Gasteiger partial charge in [0.25, 0.3) is 0 Å². The van der Waals surface area contributed by atoms with Gasteiger partial charge in [-0.1, -0.05) is 31.0 Å². The molecule has 234 valence electrons. The lowest BCUT2D eigenvalue weighted by molar-refractivity contribution is 0.241. The van der Waals surface area contributed by atoms with E-state index in [0.29, 0.717) is 18.2 Å². The fourth-order valence-corrected chi connectivity index (χ4v) is 5.79. The van der Waals surface area contributed by atoms with Gasteiger partial charge in [0.1, 0.15) is 11.6 Å². The fourth-order valence-electron chi connectivity index (χ4n) is 4.23. The van der Waals surface area contributed by atoms with Gasteiger partial charge in [-0.15, -0.1) is 11.3 Å². The first-order chi connectivity index (χ1) is 20.9. The van der Waals surface area contributed by atoms with E-state index in [0.717, 1.165) is 80.6 Å². The largest absolute Gasteiger partial charge is 0.497 e. The first-order valence-corrected chi connectivity index (χ1v) is 16.6. The average Bonchev–Trinajstić information content (AvgIpc) is 3.45. The number of nitrogens with one attached hydrogen (secondary N) is 2. The van der Waals surface area contributed by atoms with Crippen LogP contribution in [-0.2, 0) is 12.3 Å². The molecule has 1 aromatic carbocycles. The van der Waals surface area contributed by atoms with Crippen molar-refractivity contribution in [2.24, 2.45) is 16.5 Å². The Balaban J connectivity index is 1.21. The van der Waals surface area contributed by atoms with E-state index in [1.165, 1.54) is 16.9 Å². The predicted octanol–water partition coefficient (Wildman–Crippen LogP) is 4.18. The van der Waals surface area contributed by atoms with Crippen molar-refractivity contribution < 1.29 is 9.53 Å². The van der Waals surface area contributed by atoms with Crippen molar-refractivity contribution in [1.29, 1.82) is 0 Å². The number of carbonyl (C=O) groups excluding carboxylic acids is 1. The number of unbranched alkanes of at least 4 members (excludes halogenated alkanes) is 3. The van der Waals surface area contributed by atoms with Crippen molar-refractivity contribution in [3.63, 3.8) is 0 Å². The smallest absolute Gasteiger partial charge is 0.314 e. The fraction of sp³-hybridized carbons (Fsp3) is 0.467. The number of anilines is 1. The van der Waals surface area contributed by atoms with Crippen LogP contribution in [0.3, 0.4) is 0 Å². The summed E-state index contributed by atoms with van der Waals surface area (Å²) in [7, 11) is 3.86. The zero-order valence-corrected chi connectivity index (χ0v) is 26.8. The van der Waals surface area contributed by atoms with Crippen molar-refractivity contribution in [2.75, 3.05) is 57.5 Å². The molecule has 0 radical (unpaired) electrons. The molecular formula is C30H45N9O2S2. The second-order valence-corrected chi connectivity index (χ2v) is 12.0. The summed E-state index contributed by atoms with van der Waals surface area (Å²) in [6.45, 7) is 4.97. The molecule has 0 aliphatic carbocycles. The van der Waals surface area contributed by atoms with Gasteiger partial charge in [0.15, 0.2) is 5.96 Å². The zero-order valence-electron chi connectivity index (χ0n) is 25.2. The number of methoxy groups -OCH3 is 1. The normalized spacial score (nSPS) is 10.9. The van der Waals surface area contributed by atoms with Gasteiger partial charge in [0.05, 0.1) is 12.8 Å². The Bertz CT molecular complexity index is 1220. The van der Waals surface area contributed by atoms with Crippen molar-refractivity contribution >= 4 is 46.0 Å². The van der Waals surface area contributed by atoms with E-state index >= 15 is 0 Å². The Morgan fingerprint density at radius 2 is 1.81 bits per heavy atom. The van der Waals surface area contributed by atoms with Crippen LogP contribution < -0.4 is 31.7 Å². The van der Waals surface area contributed by atoms with E-state index in [1.807, 2.05) is 35.8 Å². The summed E-state index contributed by atoms with van der Waals surface area (Å²) in [5.41, 5.74) is 12.9. The Hall–Kier alpha value is -3.55. The van der Waals surface area contributed by atoms with Crippen molar-refractivity contribution in [3.05, 3.63) is 65.3 Å². The topological polar surface area (TPSA) is 147 Å². The first-order valence-electron chi connectivity index (χ1n) is 14.5. The molecule has 0 aliphatic rings. The number of aromatic nitrogens is 2. The third-order valence-corrected chi connectivity index (χ3v) is 8.33. The first kappa shape index (κ1) is 33.9. The summed E-state index contributed by atoms with van der Waals surface area (Å²) in [5, 5.41) is 8.36. The monoisotopic (exact) mass is 627 g/mol. The van der Waals surface area contributed by atoms with Crippen LogP contribution in [0.15, 0.2) is 59.0 Å². The lowest BCUT2D eigenvalue weighted by Gasteiger charge is -2.27. The molecule has 0 saturated carbocycles. The van der Waals surface area contributed by atoms with Crippen LogP contribution in [0.5, 0.6) is 5.75 Å². The number of nitrogens with zero attached hydrogens (tertiary/aromatic N) is 5. The van der Waals surface area contributed by atoms with Crippen LogP contribution in [-0.4, -0.2) is 79.5 Å². The number of hydrogen-bond acceptors (Lipinski definition) is 9. The number of rotatable bonds is 20. The van der Waals surface area contributed by atoms with E-state index in [1.54, 1.807) is 18.9 Å². The number of urea groups is 1. The molecule has 2 aromatic heterocycles. The molecule has 3 aromatic rings. The third kappa shape index (κ3) is 14.0. The van der Waals surface area contributed by atoms with E-state index in [-0.39, 0.29) is 12.0 Å². The molecule has 0 unspecified atom stereocenters. The molecule has 13 heteroatoms. The lowest BCUT2D eigenvalue weighted by Crippen LogP contribution is -2.37. The van der Waals surface area contributed by atoms with E-state index in [9.17, 15) is 4.79 Å². The number of hydrogen-bond donors (Lipinski definition) is 4. The van der Waals surface area contributed by atoms with Crippen molar-refractivity contribution in [2.45, 2.75) is 38.0 Å². The number of thiazole rings is 1. The lowest BCUT2D eigenvalue weighted by atomic mass is 10.2. The van der Waals surface area contributed by atoms with Gasteiger partial charge in [-0.05, 0) is 56.3 Å². The summed E-state index contributed by atoms with van der Waals surface area (Å²) in [6, 6.07) is 14.1. The van der Waals surface area contributed by atoms with Gasteiger partial charge in [-0.3, -0.25) is 0 Å². The maximum absolute atomic E-state index is 12.0. The molecule has 0 atom stereocenters. The Morgan fingerprint density at radius 1 is 1.02 bits per heavy atom. The molecule has 3 rings (SSSR count). The Kier molecular flexibility index (Phi) is 15.5. The highest BCUT2D eigenvalue weighted by Crippen LogP contribution is 2.21. The van der Waals surface area contributed by atoms with Gasteiger partial charge in [0, 0.05) is 55.8 Å². The SMILES string of the molecule is COc1ccc(CN(CCN(C)CCCCCCNC(=O)NCCSCc2csc(N=C(N)N)n2)c2ccccn2)cc1. The highest BCUT2D eigenvalue weighted by Gasteiger charge is 2.10. The number of pyridine rings is 1. The maximum atomic E-state index is 12.0. The summed E-state index contributed by atoms with van der Waals surface area (Å²) in [5.74, 6) is 3.41. The molecule has 0 spiro atoms. The van der Waals surface area contributed by atoms with Crippen LogP contribution in [0.25, 0.3) is 0 Å². The second-order valence-electron chi connectivity index (χ2n) is 10.1. The average molecular weight is 628 g/mol. The van der Waals surface area contributed by atoms with Crippen LogP contribution >= 0.6 is 23.1 Å². The molecule has 0 bridgehead atoms. The van der Waals surface area contributed by atoms with E-state index < -0.39 is 0 Å². The van der Waals surface area contributed by atoms with Crippen molar-refractivity contribution in [1.82, 2.24) is 25.5 Å². The summed E-state index contributed by atoms with van der Waals surface area (Å²) < 4.78 is 5.29. The third-order valence-electron chi connectivity index (χ3n) is 6.56. The molecule has 0 aliphatic heterocycles. The molecule has 2 amide bonds. The summed E-state index contributed by atoms with van der Waals surface area (Å²) in [6.07, 6.45) is 6.19. The van der Waals surface area contributed by atoms with Gasteiger partial charge >= 0.3 is 6.03 Å². The van der Waals surface area contributed by atoms with E-state index in [2.05, 4.69) is 60.6 Å². The summed E-state index contributed by atoms with van der Waals surface area (Å²) in [4.78, 5) is 29.6. The Labute approximate surface area is 263 Å². The van der Waals surface area contributed by atoms with Crippen LogP contribution in [0, 0.1) is 0 Å². The highest BCUT2D eigenvalue weighted by molar-refractivity contribution is 7.98. The number of carbonyl (C=O) groups is 1. The molecule has 0 saturated heterocycles. The number of thioether (sulfide) groups is 1. The molecular weight excluding hydrogens is 583 g/mol. The number of ether oxygens (including phenoxy) is 1. The van der Waals surface area contributed by atoms with Gasteiger partial charge < -0.3 is 36.6 Å². The van der Waals surface area contributed by atoms with Gasteiger partial charge in [0.2, 0.25) is 5.13 Å². The number of aliphatic imine (C=N–C) groups is 1. The quantitative estimate of drug-likeness (QED) is 0.0823. The summed E-state index contributed by atoms with van der Waals surface area (Å²) >= 11 is 3.11. The highest BCUT2D eigenvalue weighted by atomic mass is 32.2. The van der Waals surface area contributed by atoms with Crippen LogP contribution in [0.1, 0.15) is 36.9 Å². The minimum Gasteiger partial charge on any atom is -0.497 e. The molecule has 11 nitrogen and oxygen atoms in total. The molecule has 0 fully saturated rings. The van der Waals surface area contributed by atoms with Gasteiger partial charge in [-0.25, -0.2) is 14.8 Å². The van der Waals surface area contributed by atoms with E-state index in [4.69, 9.17) is 16.2 Å². The maximum Gasteiger partial charge on any atom is 0.314 e. The second kappa shape index (κ2) is 19.6. The molecule has 2 heterocycles. The Morgan fingerprint density at radius 3 is 2.56 bits per heavy atom. The van der Waals surface area contributed by atoms with Gasteiger partial charge in [-0.2, -0.15) is 16.8 Å². The minimum absolute atomic E-state index is 0.00806. The molecule has 43 heavy (non-hydrogen) atoms. The number of benzene rings is 1. The number of likely N-dealkylation sites (N-methyl/N-ethyl adjacent to an activating group) is 1. The number of nitrogens with two attached hydrogens (primary N) is 2. The predicted molar refractivity (Wildman–Crippen MR) is 179 cm³/mol.